The summed E-state index contributed by atoms with van der Waals surface area (Å²) in [5.74, 6) is 0. The number of hydrogen-bond donors (Lipinski definition) is 0. The van der Waals surface area contributed by atoms with Crippen LogP contribution in [0.15, 0.2) is 0 Å². The molecule has 1 nitrogen and oxygen atoms in total. The lowest BCUT2D eigenvalue weighted by atomic mass is 10.1. The Morgan fingerprint density at radius 3 is 2.00 bits per heavy atom. The van der Waals surface area contributed by atoms with Crippen molar-refractivity contribution < 1.29 is 4.43 Å². The summed E-state index contributed by atoms with van der Waals surface area (Å²) < 4.78 is 6.38. The van der Waals surface area contributed by atoms with Gasteiger partial charge in [0.25, 0.3) is 0 Å². The normalized spacial score (nSPS) is 14.6. The average Bonchev–Trinajstić information content (AvgIpc) is 2.14. The Bertz CT molecular complexity index is 155. The summed E-state index contributed by atoms with van der Waals surface area (Å²) in [6.45, 7) is 13.8. The Labute approximate surface area is 97.7 Å². The molecule has 0 aliphatic rings. The van der Waals surface area contributed by atoms with Crippen LogP contribution in [0.2, 0.25) is 18.6 Å². The maximum absolute atomic E-state index is 6.38. The van der Waals surface area contributed by atoms with Crippen molar-refractivity contribution >= 4 is 8.32 Å². The smallest absolute Gasteiger partial charge is 0.189 e. The number of unbranched alkanes of at least 4 members (excludes halogenated alkanes) is 1. The van der Waals surface area contributed by atoms with Crippen molar-refractivity contribution in [2.45, 2.75) is 84.5 Å². The van der Waals surface area contributed by atoms with Crippen molar-refractivity contribution in [1.29, 1.82) is 0 Å². The molecule has 0 aromatic rings. The van der Waals surface area contributed by atoms with E-state index in [1.165, 1.54) is 32.1 Å². The molecule has 0 radical (unpaired) electrons. The summed E-state index contributed by atoms with van der Waals surface area (Å²) in [6.07, 6.45) is 6.87. The van der Waals surface area contributed by atoms with Crippen LogP contribution >= 0.6 is 0 Å². The molecule has 0 aliphatic heterocycles. The van der Waals surface area contributed by atoms with Gasteiger partial charge in [0.1, 0.15) is 0 Å². The van der Waals surface area contributed by atoms with Gasteiger partial charge >= 0.3 is 0 Å². The van der Waals surface area contributed by atoms with Crippen LogP contribution in [0, 0.1) is 0 Å². The van der Waals surface area contributed by atoms with Crippen LogP contribution in [0.3, 0.4) is 0 Å². The predicted molar refractivity (Wildman–Crippen MR) is 71.9 cm³/mol. The first-order valence-electron chi connectivity index (χ1n) is 6.61. The zero-order valence-electron chi connectivity index (χ0n) is 11.6. The molecule has 0 saturated carbocycles. The molecule has 0 spiro atoms. The largest absolute Gasteiger partial charge is 0.414 e. The molecule has 0 bridgehead atoms. The minimum Gasteiger partial charge on any atom is -0.414 e. The van der Waals surface area contributed by atoms with Crippen LogP contribution < -0.4 is 0 Å². The van der Waals surface area contributed by atoms with E-state index in [4.69, 9.17) is 4.43 Å². The summed E-state index contributed by atoms with van der Waals surface area (Å²) >= 11 is 0. The van der Waals surface area contributed by atoms with Crippen molar-refractivity contribution in [2.24, 2.45) is 0 Å². The second-order valence-corrected chi connectivity index (χ2v) is 10.0. The summed E-state index contributed by atoms with van der Waals surface area (Å²) in [4.78, 5) is 0. The Kier molecular flexibility index (Phi) is 7.54. The molecular formula is C13H30OSi. The van der Waals surface area contributed by atoms with Crippen LogP contribution in [0.4, 0.5) is 0 Å². The third-order valence-corrected chi connectivity index (χ3v) is 7.07. The monoisotopic (exact) mass is 230 g/mol. The predicted octanol–water partition coefficient (Wildman–Crippen LogP) is 4.98. The molecule has 0 rings (SSSR count). The molecule has 0 amide bonds. The molecule has 92 valence electrons. The molecule has 0 heterocycles. The third kappa shape index (κ3) is 6.36. The highest BCUT2D eigenvalue weighted by atomic mass is 28.4. The van der Waals surface area contributed by atoms with E-state index in [0.717, 1.165) is 5.54 Å². The van der Waals surface area contributed by atoms with Crippen molar-refractivity contribution in [3.8, 4) is 0 Å². The second kappa shape index (κ2) is 7.45. The Balaban J connectivity index is 4.13. The standard InChI is InChI=1S/C13H30OSi/c1-7-9-11-13(10-8-2)14-15(5,6)12(3)4/h12-13H,7-11H2,1-6H3. The Morgan fingerprint density at radius 2 is 1.60 bits per heavy atom. The van der Waals surface area contributed by atoms with Crippen molar-refractivity contribution in [1.82, 2.24) is 0 Å². The first-order valence-corrected chi connectivity index (χ1v) is 9.60. The first kappa shape index (κ1) is 15.2. The highest BCUT2D eigenvalue weighted by molar-refractivity contribution is 6.72. The lowest BCUT2D eigenvalue weighted by Crippen LogP contribution is -2.38. The van der Waals surface area contributed by atoms with Gasteiger partial charge in [-0.15, -0.1) is 0 Å². The van der Waals surface area contributed by atoms with Crippen LogP contribution in [0.1, 0.15) is 59.8 Å². The van der Waals surface area contributed by atoms with Gasteiger partial charge in [0.15, 0.2) is 8.32 Å². The minimum absolute atomic E-state index is 0.527. The molecule has 1 atom stereocenters. The number of hydrogen-bond acceptors (Lipinski definition) is 1. The second-order valence-electron chi connectivity index (χ2n) is 5.43. The summed E-state index contributed by atoms with van der Waals surface area (Å²) in [5.41, 5.74) is 0.721. The molecule has 0 saturated heterocycles. The molecule has 0 fully saturated rings. The molecule has 0 aromatic heterocycles. The summed E-state index contributed by atoms with van der Waals surface area (Å²) in [6, 6.07) is 0. The third-order valence-electron chi connectivity index (χ3n) is 3.35. The number of rotatable bonds is 8. The van der Waals surface area contributed by atoms with Crippen molar-refractivity contribution in [3.63, 3.8) is 0 Å². The van der Waals surface area contributed by atoms with E-state index < -0.39 is 8.32 Å². The fourth-order valence-corrected chi connectivity index (χ4v) is 2.95. The van der Waals surface area contributed by atoms with Crippen molar-refractivity contribution in [2.75, 3.05) is 0 Å². The zero-order valence-corrected chi connectivity index (χ0v) is 12.6. The fourth-order valence-electron chi connectivity index (χ4n) is 1.58. The Morgan fingerprint density at radius 1 is 1.00 bits per heavy atom. The van der Waals surface area contributed by atoms with Gasteiger partial charge in [0, 0.05) is 6.10 Å². The van der Waals surface area contributed by atoms with Gasteiger partial charge in [0.05, 0.1) is 0 Å². The summed E-state index contributed by atoms with van der Waals surface area (Å²) in [5, 5.41) is 0. The lowest BCUT2D eigenvalue weighted by molar-refractivity contribution is 0.163. The van der Waals surface area contributed by atoms with Gasteiger partial charge in [-0.3, -0.25) is 0 Å². The highest BCUT2D eigenvalue weighted by Crippen LogP contribution is 2.26. The van der Waals surface area contributed by atoms with Crippen LogP contribution in [0.5, 0.6) is 0 Å². The molecule has 15 heavy (non-hydrogen) atoms. The molecule has 0 aliphatic carbocycles. The van der Waals surface area contributed by atoms with Crippen LogP contribution in [-0.4, -0.2) is 14.4 Å². The van der Waals surface area contributed by atoms with Crippen LogP contribution in [0.25, 0.3) is 0 Å². The molecule has 0 aromatic carbocycles. The average molecular weight is 230 g/mol. The maximum Gasteiger partial charge on any atom is 0.189 e. The van der Waals surface area contributed by atoms with Gasteiger partial charge in [-0.25, -0.2) is 0 Å². The molecule has 2 heteroatoms. The topological polar surface area (TPSA) is 9.23 Å². The molecule has 1 unspecified atom stereocenters. The van der Waals surface area contributed by atoms with E-state index in [-0.39, 0.29) is 0 Å². The zero-order chi connectivity index (χ0) is 11.9. The van der Waals surface area contributed by atoms with Gasteiger partial charge < -0.3 is 4.43 Å². The highest BCUT2D eigenvalue weighted by Gasteiger charge is 2.29. The minimum atomic E-state index is -1.43. The Hall–Kier alpha value is 0.177. The van der Waals surface area contributed by atoms with E-state index >= 15 is 0 Å². The molecular weight excluding hydrogens is 200 g/mol. The van der Waals surface area contributed by atoms with E-state index in [1.807, 2.05) is 0 Å². The quantitative estimate of drug-likeness (QED) is 0.535. The molecule has 0 N–H and O–H groups in total. The van der Waals surface area contributed by atoms with Crippen molar-refractivity contribution in [3.05, 3.63) is 0 Å². The first-order chi connectivity index (χ1) is 6.94. The van der Waals surface area contributed by atoms with E-state index in [1.54, 1.807) is 0 Å². The van der Waals surface area contributed by atoms with E-state index in [0.29, 0.717) is 6.10 Å². The van der Waals surface area contributed by atoms with Crippen LogP contribution in [-0.2, 0) is 4.43 Å². The van der Waals surface area contributed by atoms with Gasteiger partial charge in [0.2, 0.25) is 0 Å². The van der Waals surface area contributed by atoms with Gasteiger partial charge in [-0.05, 0) is 31.5 Å². The van der Waals surface area contributed by atoms with Gasteiger partial charge in [-0.2, -0.15) is 0 Å². The SMILES string of the molecule is CCCCC(CCC)O[Si](C)(C)C(C)C. The maximum atomic E-state index is 6.38. The lowest BCUT2D eigenvalue weighted by Gasteiger charge is -2.32. The summed E-state index contributed by atoms with van der Waals surface area (Å²) in [7, 11) is -1.43. The van der Waals surface area contributed by atoms with E-state index in [2.05, 4.69) is 40.8 Å². The van der Waals surface area contributed by atoms with E-state index in [9.17, 15) is 0 Å². The van der Waals surface area contributed by atoms with Gasteiger partial charge in [-0.1, -0.05) is 47.0 Å². The fraction of sp³-hybridized carbons (Fsp3) is 1.00.